The van der Waals surface area contributed by atoms with E-state index >= 15 is 0 Å². The molecule has 586 valence electrons. The van der Waals surface area contributed by atoms with E-state index in [-0.39, 0.29) is 25.7 Å². The van der Waals surface area contributed by atoms with Crippen molar-refractivity contribution in [2.45, 2.75) is 406 Å². The van der Waals surface area contributed by atoms with Crippen LogP contribution in [0.5, 0.6) is 0 Å². The summed E-state index contributed by atoms with van der Waals surface area (Å²) in [5.41, 5.74) is 0. The minimum atomic E-state index is -4.97. The van der Waals surface area contributed by atoms with Gasteiger partial charge in [0.05, 0.1) is 26.4 Å². The monoisotopic (exact) mass is 1460 g/mol. The largest absolute Gasteiger partial charge is 0.472 e. The van der Waals surface area contributed by atoms with Gasteiger partial charge in [0.2, 0.25) is 0 Å². The van der Waals surface area contributed by atoms with E-state index in [1.807, 2.05) is 0 Å². The zero-order valence-electron chi connectivity index (χ0n) is 64.1. The lowest BCUT2D eigenvalue weighted by Crippen LogP contribution is -2.30. The zero-order valence-corrected chi connectivity index (χ0v) is 65.9. The topological polar surface area (TPSA) is 237 Å². The summed E-state index contributed by atoms with van der Waals surface area (Å²) in [6, 6.07) is 0. The average molecular weight is 1460 g/mol. The molecule has 0 spiro atoms. The van der Waals surface area contributed by atoms with Gasteiger partial charge in [-0.2, -0.15) is 0 Å². The molecule has 0 fully saturated rings. The van der Waals surface area contributed by atoms with Gasteiger partial charge in [0.1, 0.15) is 19.3 Å². The molecule has 0 saturated carbocycles. The van der Waals surface area contributed by atoms with Crippen LogP contribution in [0.25, 0.3) is 0 Å². The van der Waals surface area contributed by atoms with Crippen molar-refractivity contribution in [1.82, 2.24) is 0 Å². The molecule has 0 radical (unpaired) electrons. The Labute approximate surface area is 610 Å². The molecule has 3 N–H and O–H groups in total. The molecule has 0 aromatic carbocycles. The Balaban J connectivity index is 5.33. The number of phosphoric ester groups is 2. The minimum absolute atomic E-state index is 0.0806. The Morgan fingerprint density at radius 1 is 0.280 bits per heavy atom. The van der Waals surface area contributed by atoms with E-state index in [1.165, 1.54) is 173 Å². The molecule has 0 aromatic rings. The van der Waals surface area contributed by atoms with Gasteiger partial charge in [0.15, 0.2) is 12.2 Å². The van der Waals surface area contributed by atoms with E-state index in [0.717, 1.165) is 135 Å². The fraction of sp³-hybridized carbons (Fsp3) is 0.852. The highest BCUT2D eigenvalue weighted by molar-refractivity contribution is 7.47. The number of esters is 4. The van der Waals surface area contributed by atoms with E-state index in [9.17, 15) is 43.2 Å². The van der Waals surface area contributed by atoms with Crippen LogP contribution in [0, 0.1) is 0 Å². The highest BCUT2D eigenvalue weighted by Crippen LogP contribution is 2.45. The van der Waals surface area contributed by atoms with E-state index in [4.69, 9.17) is 37.0 Å². The number of hydrogen-bond donors (Lipinski definition) is 3. The molecule has 2 unspecified atom stereocenters. The maximum atomic E-state index is 13.1. The second kappa shape index (κ2) is 74.3. The predicted octanol–water partition coefficient (Wildman–Crippen LogP) is 23.7. The van der Waals surface area contributed by atoms with Gasteiger partial charge < -0.3 is 33.8 Å². The van der Waals surface area contributed by atoms with Gasteiger partial charge in [-0.05, 0) is 89.9 Å². The quantitative estimate of drug-likeness (QED) is 0.0169. The molecule has 0 amide bonds. The lowest BCUT2D eigenvalue weighted by molar-refractivity contribution is -0.161. The number of phosphoric acid groups is 2. The number of rotatable bonds is 78. The smallest absolute Gasteiger partial charge is 0.462 e. The van der Waals surface area contributed by atoms with Crippen LogP contribution in [0.4, 0.5) is 0 Å². The third-order valence-corrected chi connectivity index (χ3v) is 19.7. The number of aliphatic hydroxyl groups excluding tert-OH is 1. The standard InChI is InChI=1S/C81H150O17P2/c1-5-9-13-17-21-25-29-33-37-41-45-49-53-57-61-65-78(83)91-71-76(97-80(85)67-63-59-55-51-47-43-39-35-31-27-23-19-15-11-7-3)73-95-99(87,88)93-69-75(82)70-94-100(89,90)96-74-77(98-81(86)68-64-60-56-52-48-44-40-36-32-28-24-20-16-12-8-4)72-92-79(84)66-62-58-54-50-46-42-38-34-30-26-22-18-14-10-6-2/h21,23,25,27,33,35,37,39,75-77,82H,5-20,22,24,26,28-32,34,36,38,40-74H2,1-4H3,(H,87,88)(H,89,90)/b25-21-,27-23-,37-33-,39-35-/t75-,76+,77+/m0/s1. The Hall–Kier alpha value is -2.98. The van der Waals surface area contributed by atoms with Gasteiger partial charge in [-0.15, -0.1) is 0 Å². The summed E-state index contributed by atoms with van der Waals surface area (Å²) < 4.78 is 68.7. The van der Waals surface area contributed by atoms with Crippen LogP contribution in [-0.2, 0) is 65.4 Å². The van der Waals surface area contributed by atoms with Crippen molar-refractivity contribution in [3.63, 3.8) is 0 Å². The lowest BCUT2D eigenvalue weighted by atomic mass is 10.0. The van der Waals surface area contributed by atoms with Crippen molar-refractivity contribution in [3.8, 4) is 0 Å². The number of allylic oxidation sites excluding steroid dienone is 8. The van der Waals surface area contributed by atoms with Crippen molar-refractivity contribution >= 4 is 39.5 Å². The molecular formula is C81H150O17P2. The molecule has 0 aliphatic rings. The van der Waals surface area contributed by atoms with E-state index in [0.29, 0.717) is 25.7 Å². The first-order valence-electron chi connectivity index (χ1n) is 40.9. The van der Waals surface area contributed by atoms with E-state index in [2.05, 4.69) is 76.3 Å². The van der Waals surface area contributed by atoms with Crippen molar-refractivity contribution in [2.24, 2.45) is 0 Å². The highest BCUT2D eigenvalue weighted by atomic mass is 31.2. The third kappa shape index (κ3) is 73.3. The summed E-state index contributed by atoms with van der Waals surface area (Å²) in [7, 11) is -9.94. The van der Waals surface area contributed by atoms with Crippen LogP contribution < -0.4 is 0 Å². The van der Waals surface area contributed by atoms with Gasteiger partial charge in [-0.3, -0.25) is 37.3 Å². The SMILES string of the molecule is CCCCC/C=C\C/C=C\CCCCCCCC(=O)OC[C@H](COP(=O)(O)OC[C@H](O)COP(=O)(O)OC[C@@H](COC(=O)CCCCCCCCCCCCCCCCC)OC(=O)CCCCCCCCCCCCCCCCC)OC(=O)CCCCCCC/C=C\C/C=C\CCCCC. The Morgan fingerprint density at radius 2 is 0.490 bits per heavy atom. The molecule has 0 rings (SSSR count). The second-order valence-corrected chi connectivity index (χ2v) is 30.6. The molecule has 19 heteroatoms. The van der Waals surface area contributed by atoms with Crippen LogP contribution in [0.3, 0.4) is 0 Å². The lowest BCUT2D eigenvalue weighted by Gasteiger charge is -2.21. The van der Waals surface area contributed by atoms with Gasteiger partial charge in [-0.1, -0.05) is 320 Å². The van der Waals surface area contributed by atoms with Crippen LogP contribution >= 0.6 is 15.6 Å². The molecule has 0 bridgehead atoms. The van der Waals surface area contributed by atoms with Gasteiger partial charge in [-0.25, -0.2) is 9.13 Å². The number of carbonyl (C=O) groups is 4. The maximum Gasteiger partial charge on any atom is 0.472 e. The van der Waals surface area contributed by atoms with Crippen molar-refractivity contribution in [1.29, 1.82) is 0 Å². The van der Waals surface area contributed by atoms with Crippen molar-refractivity contribution in [3.05, 3.63) is 48.6 Å². The predicted molar refractivity (Wildman–Crippen MR) is 409 cm³/mol. The summed E-state index contributed by atoms with van der Waals surface area (Å²) in [6.45, 7) is 4.89. The number of carbonyl (C=O) groups excluding carboxylic acids is 4. The Kier molecular flexibility index (Phi) is 72.1. The number of hydrogen-bond acceptors (Lipinski definition) is 15. The Morgan fingerprint density at radius 3 is 0.760 bits per heavy atom. The number of unbranched alkanes of at least 4 members (excludes halogenated alkanes) is 44. The first kappa shape index (κ1) is 97.0. The molecule has 17 nitrogen and oxygen atoms in total. The van der Waals surface area contributed by atoms with Gasteiger partial charge in [0, 0.05) is 25.7 Å². The maximum absolute atomic E-state index is 13.1. The minimum Gasteiger partial charge on any atom is -0.462 e. The van der Waals surface area contributed by atoms with Gasteiger partial charge >= 0.3 is 39.5 Å². The first-order chi connectivity index (χ1) is 48.7. The molecule has 5 atom stereocenters. The van der Waals surface area contributed by atoms with Crippen LogP contribution in [0.1, 0.15) is 387 Å². The van der Waals surface area contributed by atoms with Crippen molar-refractivity contribution in [2.75, 3.05) is 39.6 Å². The average Bonchev–Trinajstić information content (AvgIpc) is 1.01. The van der Waals surface area contributed by atoms with Crippen LogP contribution in [0.15, 0.2) is 48.6 Å². The summed E-state index contributed by atoms with van der Waals surface area (Å²) in [5, 5.41) is 10.6. The van der Waals surface area contributed by atoms with Crippen molar-refractivity contribution < 1.29 is 80.2 Å². The molecular weight excluding hydrogens is 1310 g/mol. The van der Waals surface area contributed by atoms with Crippen LogP contribution in [0.2, 0.25) is 0 Å². The summed E-state index contributed by atoms with van der Waals surface area (Å²) in [6.07, 6.45) is 72.2. The fourth-order valence-corrected chi connectivity index (χ4v) is 13.1. The molecule has 0 aromatic heterocycles. The molecule has 0 aliphatic carbocycles. The normalized spacial score (nSPS) is 14.1. The second-order valence-electron chi connectivity index (χ2n) is 27.7. The summed E-state index contributed by atoms with van der Waals surface area (Å²) >= 11 is 0. The molecule has 100 heavy (non-hydrogen) atoms. The van der Waals surface area contributed by atoms with Crippen LogP contribution in [-0.4, -0.2) is 96.7 Å². The molecule has 0 heterocycles. The zero-order chi connectivity index (χ0) is 73.2. The highest BCUT2D eigenvalue weighted by Gasteiger charge is 2.30. The summed E-state index contributed by atoms with van der Waals surface area (Å²) in [4.78, 5) is 73.0. The molecule has 0 saturated heterocycles. The van der Waals surface area contributed by atoms with E-state index < -0.39 is 97.5 Å². The first-order valence-corrected chi connectivity index (χ1v) is 43.9. The van der Waals surface area contributed by atoms with Gasteiger partial charge in [0.25, 0.3) is 0 Å². The van der Waals surface area contributed by atoms with E-state index in [1.54, 1.807) is 0 Å². The molecule has 0 aliphatic heterocycles. The fourth-order valence-electron chi connectivity index (χ4n) is 11.5. The number of aliphatic hydroxyl groups is 1. The summed E-state index contributed by atoms with van der Waals surface area (Å²) in [5.74, 6) is -2.16. The Bertz CT molecular complexity index is 2080. The third-order valence-electron chi connectivity index (χ3n) is 17.8. The number of ether oxygens (including phenoxy) is 4.